The van der Waals surface area contributed by atoms with Crippen LogP contribution in [0.4, 0.5) is 0 Å². The molecule has 0 aromatic heterocycles. The second-order valence-electron chi connectivity index (χ2n) is 4.94. The molecule has 0 aromatic rings. The summed E-state index contributed by atoms with van der Waals surface area (Å²) in [7, 11) is 0. The van der Waals surface area contributed by atoms with E-state index < -0.39 is 0 Å². The molecule has 1 atom stereocenters. The molecule has 0 saturated carbocycles. The Morgan fingerprint density at radius 3 is 2.40 bits per heavy atom. The Kier molecular flexibility index (Phi) is 6.02. The molecule has 1 aliphatic rings. The topological polar surface area (TPSA) is 15.3 Å². The van der Waals surface area contributed by atoms with Gasteiger partial charge >= 0.3 is 0 Å². The third-order valence-electron chi connectivity index (χ3n) is 3.06. The van der Waals surface area contributed by atoms with E-state index in [4.69, 9.17) is 0 Å². The van der Waals surface area contributed by atoms with Crippen molar-refractivity contribution < 1.29 is 0 Å². The second kappa shape index (κ2) is 6.77. The summed E-state index contributed by atoms with van der Waals surface area (Å²) < 4.78 is 0. The van der Waals surface area contributed by atoms with Crippen molar-refractivity contribution in [3.63, 3.8) is 0 Å². The molecule has 1 aliphatic heterocycles. The summed E-state index contributed by atoms with van der Waals surface area (Å²) in [6.45, 7) is 11.5. The third kappa shape index (κ3) is 4.75. The van der Waals surface area contributed by atoms with Crippen molar-refractivity contribution in [2.75, 3.05) is 24.6 Å². The van der Waals surface area contributed by atoms with Crippen LogP contribution in [-0.4, -0.2) is 47.6 Å². The maximum absolute atomic E-state index is 3.66. The molecule has 1 fully saturated rings. The lowest BCUT2D eigenvalue weighted by molar-refractivity contribution is 0.174. The lowest BCUT2D eigenvalue weighted by Gasteiger charge is -2.31. The SMILES string of the molecule is CC(C)N(CCNC1CCSC1)C(C)C. The molecular formula is C12H26N2S. The summed E-state index contributed by atoms with van der Waals surface area (Å²) in [6, 6.07) is 2.09. The van der Waals surface area contributed by atoms with Crippen LogP contribution in [0, 0.1) is 0 Å². The van der Waals surface area contributed by atoms with Crippen molar-refractivity contribution in [1.82, 2.24) is 10.2 Å². The van der Waals surface area contributed by atoms with Crippen molar-refractivity contribution in [1.29, 1.82) is 0 Å². The maximum Gasteiger partial charge on any atom is 0.0166 e. The highest BCUT2D eigenvalue weighted by atomic mass is 32.2. The average molecular weight is 230 g/mol. The summed E-state index contributed by atoms with van der Waals surface area (Å²) in [6.07, 6.45) is 1.36. The Balaban J connectivity index is 2.15. The first kappa shape index (κ1) is 13.3. The fourth-order valence-electron chi connectivity index (χ4n) is 2.21. The van der Waals surface area contributed by atoms with E-state index in [-0.39, 0.29) is 0 Å². The zero-order valence-electron chi connectivity index (χ0n) is 10.6. The van der Waals surface area contributed by atoms with E-state index in [1.165, 1.54) is 24.5 Å². The standard InChI is InChI=1S/C12H26N2S/c1-10(2)14(11(3)4)7-6-13-12-5-8-15-9-12/h10-13H,5-9H2,1-4H3. The number of rotatable bonds is 6. The lowest BCUT2D eigenvalue weighted by Crippen LogP contribution is -2.43. The van der Waals surface area contributed by atoms with Crippen molar-refractivity contribution in [3.05, 3.63) is 0 Å². The fourth-order valence-corrected chi connectivity index (χ4v) is 3.39. The van der Waals surface area contributed by atoms with Gasteiger partial charge in [0.25, 0.3) is 0 Å². The molecule has 1 heterocycles. The van der Waals surface area contributed by atoms with E-state index in [0.717, 1.165) is 12.6 Å². The predicted molar refractivity (Wildman–Crippen MR) is 70.7 cm³/mol. The van der Waals surface area contributed by atoms with E-state index in [1.807, 2.05) is 0 Å². The van der Waals surface area contributed by atoms with Crippen LogP contribution in [-0.2, 0) is 0 Å². The first-order valence-electron chi connectivity index (χ1n) is 6.18. The Hall–Kier alpha value is 0.270. The summed E-state index contributed by atoms with van der Waals surface area (Å²) >= 11 is 2.08. The molecule has 1 N–H and O–H groups in total. The van der Waals surface area contributed by atoms with Gasteiger partial charge in [0.1, 0.15) is 0 Å². The monoisotopic (exact) mass is 230 g/mol. The van der Waals surface area contributed by atoms with Crippen molar-refractivity contribution in [2.24, 2.45) is 0 Å². The van der Waals surface area contributed by atoms with Crippen molar-refractivity contribution in [2.45, 2.75) is 52.2 Å². The molecule has 15 heavy (non-hydrogen) atoms. The first-order valence-corrected chi connectivity index (χ1v) is 7.33. The van der Waals surface area contributed by atoms with Crippen LogP contribution < -0.4 is 5.32 Å². The maximum atomic E-state index is 3.66. The number of hydrogen-bond acceptors (Lipinski definition) is 3. The molecule has 0 aliphatic carbocycles. The Bertz CT molecular complexity index is 157. The van der Waals surface area contributed by atoms with Gasteiger partial charge in [-0.15, -0.1) is 0 Å². The van der Waals surface area contributed by atoms with Crippen LogP contribution in [0.5, 0.6) is 0 Å². The second-order valence-corrected chi connectivity index (χ2v) is 6.09. The lowest BCUT2D eigenvalue weighted by atomic mass is 10.2. The molecule has 1 saturated heterocycles. The van der Waals surface area contributed by atoms with Gasteiger partial charge < -0.3 is 5.32 Å². The van der Waals surface area contributed by atoms with Crippen molar-refractivity contribution in [3.8, 4) is 0 Å². The van der Waals surface area contributed by atoms with Crippen LogP contribution in [0.15, 0.2) is 0 Å². The van der Waals surface area contributed by atoms with Gasteiger partial charge in [-0.2, -0.15) is 11.8 Å². The largest absolute Gasteiger partial charge is 0.312 e. The summed E-state index contributed by atoms with van der Waals surface area (Å²) in [4.78, 5) is 2.55. The van der Waals surface area contributed by atoms with Gasteiger partial charge in [-0.25, -0.2) is 0 Å². The molecule has 0 radical (unpaired) electrons. The molecule has 0 bridgehead atoms. The average Bonchev–Trinajstić information content (AvgIpc) is 2.63. The predicted octanol–water partition coefficient (Wildman–Crippen LogP) is 2.20. The number of nitrogens with zero attached hydrogens (tertiary/aromatic N) is 1. The van der Waals surface area contributed by atoms with Crippen LogP contribution in [0.25, 0.3) is 0 Å². The molecule has 0 amide bonds. The fraction of sp³-hybridized carbons (Fsp3) is 1.00. The van der Waals surface area contributed by atoms with Gasteiger partial charge in [0.2, 0.25) is 0 Å². The molecule has 3 heteroatoms. The molecule has 1 unspecified atom stereocenters. The van der Waals surface area contributed by atoms with E-state index in [9.17, 15) is 0 Å². The van der Waals surface area contributed by atoms with Crippen LogP contribution >= 0.6 is 11.8 Å². The van der Waals surface area contributed by atoms with E-state index >= 15 is 0 Å². The minimum Gasteiger partial charge on any atom is -0.312 e. The Morgan fingerprint density at radius 1 is 1.27 bits per heavy atom. The van der Waals surface area contributed by atoms with Gasteiger partial charge in [0.15, 0.2) is 0 Å². The molecule has 1 rings (SSSR count). The summed E-state index contributed by atoms with van der Waals surface area (Å²) in [5.74, 6) is 2.65. The Labute approximate surface area is 99.2 Å². The highest BCUT2D eigenvalue weighted by Gasteiger charge is 2.16. The van der Waals surface area contributed by atoms with Gasteiger partial charge in [-0.05, 0) is 39.9 Å². The summed E-state index contributed by atoms with van der Waals surface area (Å²) in [5, 5.41) is 3.66. The zero-order chi connectivity index (χ0) is 11.3. The number of hydrogen-bond donors (Lipinski definition) is 1. The highest BCUT2D eigenvalue weighted by Crippen LogP contribution is 2.16. The van der Waals surface area contributed by atoms with Gasteiger partial charge in [-0.3, -0.25) is 4.90 Å². The van der Waals surface area contributed by atoms with Gasteiger partial charge in [0.05, 0.1) is 0 Å². The van der Waals surface area contributed by atoms with Gasteiger partial charge in [-0.1, -0.05) is 0 Å². The van der Waals surface area contributed by atoms with Gasteiger partial charge in [0, 0.05) is 37.0 Å². The molecule has 0 aromatic carbocycles. The molecule has 0 spiro atoms. The normalized spacial score (nSPS) is 22.2. The smallest absolute Gasteiger partial charge is 0.0166 e. The van der Waals surface area contributed by atoms with Crippen molar-refractivity contribution >= 4 is 11.8 Å². The third-order valence-corrected chi connectivity index (χ3v) is 4.22. The summed E-state index contributed by atoms with van der Waals surface area (Å²) in [5.41, 5.74) is 0. The highest BCUT2D eigenvalue weighted by molar-refractivity contribution is 7.99. The molecular weight excluding hydrogens is 204 g/mol. The first-order chi connectivity index (χ1) is 7.11. The van der Waals surface area contributed by atoms with Crippen LogP contribution in [0.2, 0.25) is 0 Å². The Morgan fingerprint density at radius 2 is 1.93 bits per heavy atom. The molecule has 90 valence electrons. The number of nitrogens with one attached hydrogen (secondary N) is 1. The number of thioether (sulfide) groups is 1. The van der Waals surface area contributed by atoms with E-state index in [1.54, 1.807) is 0 Å². The molecule has 2 nitrogen and oxygen atoms in total. The minimum atomic E-state index is 0.657. The zero-order valence-corrected chi connectivity index (χ0v) is 11.4. The van der Waals surface area contributed by atoms with Crippen LogP contribution in [0.3, 0.4) is 0 Å². The minimum absolute atomic E-state index is 0.657. The van der Waals surface area contributed by atoms with E-state index in [2.05, 4.69) is 49.7 Å². The van der Waals surface area contributed by atoms with Crippen LogP contribution in [0.1, 0.15) is 34.1 Å². The quantitative estimate of drug-likeness (QED) is 0.753. The van der Waals surface area contributed by atoms with E-state index in [0.29, 0.717) is 12.1 Å².